The third-order valence-corrected chi connectivity index (χ3v) is 5.10. The zero-order chi connectivity index (χ0) is 15.0. The van der Waals surface area contributed by atoms with Gasteiger partial charge in [0.25, 0.3) is 0 Å². The Bertz CT molecular complexity index is 505. The van der Waals surface area contributed by atoms with Crippen LogP contribution in [0.2, 0.25) is 0 Å². The summed E-state index contributed by atoms with van der Waals surface area (Å²) in [6.45, 7) is 1.90. The predicted molar refractivity (Wildman–Crippen MR) is 83.2 cm³/mol. The first-order valence-corrected chi connectivity index (χ1v) is 7.90. The van der Waals surface area contributed by atoms with Gasteiger partial charge in [-0.05, 0) is 31.4 Å². The van der Waals surface area contributed by atoms with Crippen LogP contribution in [-0.2, 0) is 4.79 Å². The molecule has 1 N–H and O–H groups in total. The number of likely N-dealkylation sites (N-methyl/N-ethyl adjacent to an activating group) is 1. The summed E-state index contributed by atoms with van der Waals surface area (Å²) in [6, 6.07) is 10.5. The summed E-state index contributed by atoms with van der Waals surface area (Å²) >= 11 is 0. The zero-order valence-electron chi connectivity index (χ0n) is 12.8. The summed E-state index contributed by atoms with van der Waals surface area (Å²) in [7, 11) is 2.04. The number of amides is 1. The molecular formula is C17H24N2O2. The van der Waals surface area contributed by atoms with Gasteiger partial charge in [0.05, 0.1) is 18.2 Å². The van der Waals surface area contributed by atoms with Gasteiger partial charge < -0.3 is 14.9 Å². The lowest BCUT2D eigenvalue weighted by Gasteiger charge is -2.46. The van der Waals surface area contributed by atoms with E-state index in [1.165, 1.54) is 0 Å². The predicted octanol–water partition coefficient (Wildman–Crippen LogP) is 2.03. The van der Waals surface area contributed by atoms with Crippen molar-refractivity contribution in [2.45, 2.75) is 56.8 Å². The van der Waals surface area contributed by atoms with Crippen LogP contribution in [0.3, 0.4) is 0 Å². The summed E-state index contributed by atoms with van der Waals surface area (Å²) in [4.78, 5) is 16.2. The highest BCUT2D eigenvalue weighted by Gasteiger charge is 2.49. The van der Waals surface area contributed by atoms with Gasteiger partial charge >= 0.3 is 0 Å². The van der Waals surface area contributed by atoms with Crippen molar-refractivity contribution in [1.29, 1.82) is 0 Å². The fourth-order valence-electron chi connectivity index (χ4n) is 3.97. The van der Waals surface area contributed by atoms with Crippen molar-refractivity contribution in [3.63, 3.8) is 0 Å². The highest BCUT2D eigenvalue weighted by Crippen LogP contribution is 2.38. The number of anilines is 1. The van der Waals surface area contributed by atoms with E-state index in [2.05, 4.69) is 17.0 Å². The van der Waals surface area contributed by atoms with Crippen molar-refractivity contribution in [3.05, 3.63) is 30.3 Å². The molecule has 2 saturated heterocycles. The van der Waals surface area contributed by atoms with Crippen LogP contribution in [0.5, 0.6) is 0 Å². The number of carbonyl (C=O) groups excluding carboxylic acids is 1. The van der Waals surface area contributed by atoms with Gasteiger partial charge in [-0.1, -0.05) is 25.1 Å². The van der Waals surface area contributed by atoms with Gasteiger partial charge in [0.1, 0.15) is 0 Å². The van der Waals surface area contributed by atoms with E-state index in [9.17, 15) is 9.90 Å². The molecule has 114 valence electrons. The van der Waals surface area contributed by atoms with Gasteiger partial charge in [-0.15, -0.1) is 0 Å². The summed E-state index contributed by atoms with van der Waals surface area (Å²) < 4.78 is 0. The lowest BCUT2D eigenvalue weighted by Crippen LogP contribution is -2.60. The summed E-state index contributed by atoms with van der Waals surface area (Å²) in [5.74, 6) is 0.183. The van der Waals surface area contributed by atoms with Crippen LogP contribution in [0.25, 0.3) is 0 Å². The number of aliphatic hydroxyl groups is 1. The van der Waals surface area contributed by atoms with E-state index in [0.717, 1.165) is 24.9 Å². The molecule has 0 radical (unpaired) electrons. The number of aliphatic hydroxyl groups excluding tert-OH is 1. The Labute approximate surface area is 126 Å². The summed E-state index contributed by atoms with van der Waals surface area (Å²) in [5.41, 5.74) is 1.12. The number of fused-ring (bicyclic) bond motifs is 2. The van der Waals surface area contributed by atoms with Crippen molar-refractivity contribution >= 4 is 11.6 Å². The average molecular weight is 288 g/mol. The first kappa shape index (κ1) is 14.4. The molecule has 0 aromatic heterocycles. The molecule has 0 unspecified atom stereocenters. The minimum atomic E-state index is -0.468. The van der Waals surface area contributed by atoms with Gasteiger partial charge in [0.15, 0.2) is 0 Å². The maximum absolute atomic E-state index is 12.1. The third-order valence-electron chi connectivity index (χ3n) is 5.10. The molecule has 0 aliphatic carbocycles. The highest BCUT2D eigenvalue weighted by molar-refractivity contribution is 5.77. The molecule has 0 saturated carbocycles. The number of hydrogen-bond acceptors (Lipinski definition) is 3. The van der Waals surface area contributed by atoms with E-state index in [1.807, 2.05) is 37.1 Å². The second-order valence-corrected chi connectivity index (χ2v) is 6.19. The van der Waals surface area contributed by atoms with Crippen LogP contribution < -0.4 is 4.90 Å². The normalized spacial score (nSPS) is 31.3. The van der Waals surface area contributed by atoms with E-state index >= 15 is 0 Å². The van der Waals surface area contributed by atoms with Crippen LogP contribution in [0, 0.1) is 0 Å². The molecule has 1 amide bonds. The molecular weight excluding hydrogens is 264 g/mol. The fourth-order valence-corrected chi connectivity index (χ4v) is 3.97. The largest absolute Gasteiger partial charge is 0.389 e. The van der Waals surface area contributed by atoms with Gasteiger partial charge in [0, 0.05) is 25.2 Å². The topological polar surface area (TPSA) is 43.8 Å². The Morgan fingerprint density at radius 3 is 2.71 bits per heavy atom. The molecule has 4 nitrogen and oxygen atoms in total. The Hall–Kier alpha value is -1.55. The molecule has 1 aromatic rings. The Balaban J connectivity index is 1.80. The van der Waals surface area contributed by atoms with Crippen molar-refractivity contribution in [2.75, 3.05) is 11.9 Å². The molecule has 4 heteroatoms. The first-order valence-electron chi connectivity index (χ1n) is 7.90. The molecule has 2 bridgehead atoms. The zero-order valence-corrected chi connectivity index (χ0v) is 12.8. The summed E-state index contributed by atoms with van der Waals surface area (Å²) in [5, 5.41) is 10.8. The molecule has 2 aliphatic heterocycles. The Morgan fingerprint density at radius 2 is 2.05 bits per heavy atom. The van der Waals surface area contributed by atoms with Crippen molar-refractivity contribution in [3.8, 4) is 0 Å². The minimum absolute atomic E-state index is 0.00707. The number of piperidine rings is 1. The van der Waals surface area contributed by atoms with Crippen LogP contribution in [0.4, 0.5) is 5.69 Å². The van der Waals surface area contributed by atoms with Crippen molar-refractivity contribution < 1.29 is 9.90 Å². The van der Waals surface area contributed by atoms with Crippen LogP contribution in [0.1, 0.15) is 32.6 Å². The maximum Gasteiger partial charge on any atom is 0.222 e. The second-order valence-electron chi connectivity index (χ2n) is 6.19. The summed E-state index contributed by atoms with van der Waals surface area (Å²) in [6.07, 6.45) is 2.86. The van der Waals surface area contributed by atoms with E-state index in [0.29, 0.717) is 12.5 Å². The van der Waals surface area contributed by atoms with Crippen molar-refractivity contribution in [1.82, 2.24) is 4.90 Å². The number of para-hydroxylation sites is 1. The molecule has 1 aromatic carbocycles. The quantitative estimate of drug-likeness (QED) is 0.925. The van der Waals surface area contributed by atoms with Crippen LogP contribution in [-0.4, -0.2) is 47.2 Å². The van der Waals surface area contributed by atoms with Crippen molar-refractivity contribution in [2.24, 2.45) is 0 Å². The van der Waals surface area contributed by atoms with Gasteiger partial charge in [0.2, 0.25) is 5.91 Å². The Morgan fingerprint density at radius 1 is 1.33 bits per heavy atom. The Kier molecular flexibility index (Phi) is 3.89. The minimum Gasteiger partial charge on any atom is -0.389 e. The van der Waals surface area contributed by atoms with E-state index in [-0.39, 0.29) is 18.0 Å². The number of hydrogen-bond donors (Lipinski definition) is 1. The smallest absolute Gasteiger partial charge is 0.222 e. The second kappa shape index (κ2) is 5.68. The number of nitrogens with zero attached hydrogens (tertiary/aromatic N) is 2. The lowest BCUT2D eigenvalue weighted by molar-refractivity contribution is -0.139. The third kappa shape index (κ3) is 2.42. The van der Waals surface area contributed by atoms with Gasteiger partial charge in [-0.3, -0.25) is 4.79 Å². The molecule has 3 rings (SSSR count). The molecule has 2 aliphatic rings. The highest BCUT2D eigenvalue weighted by atomic mass is 16.3. The van der Waals surface area contributed by atoms with E-state index in [1.54, 1.807) is 0 Å². The van der Waals surface area contributed by atoms with E-state index in [4.69, 9.17) is 0 Å². The van der Waals surface area contributed by atoms with Gasteiger partial charge in [-0.2, -0.15) is 0 Å². The van der Waals surface area contributed by atoms with Gasteiger partial charge in [-0.25, -0.2) is 0 Å². The molecule has 4 atom stereocenters. The maximum atomic E-state index is 12.1. The number of benzene rings is 1. The molecule has 2 heterocycles. The SMILES string of the molecule is CCC(=O)N1[C@H]2CC[C@@H]1[C@@H](O)[C@H](N(C)c1ccccc1)C2. The monoisotopic (exact) mass is 288 g/mol. The molecule has 21 heavy (non-hydrogen) atoms. The average Bonchev–Trinajstić information content (AvgIpc) is 2.87. The lowest BCUT2D eigenvalue weighted by atomic mass is 9.92. The van der Waals surface area contributed by atoms with Crippen LogP contribution >= 0.6 is 0 Å². The first-order chi connectivity index (χ1) is 10.1. The standard InChI is InChI=1S/C17H24N2O2/c1-3-16(20)19-13-9-10-14(19)17(21)15(11-13)18(2)12-7-5-4-6-8-12/h4-8,13-15,17,21H,3,9-11H2,1-2H3/t13-,14+,15+,17+/m0/s1. The van der Waals surface area contributed by atoms with E-state index < -0.39 is 6.10 Å². The number of rotatable bonds is 3. The van der Waals surface area contributed by atoms with Crippen LogP contribution in [0.15, 0.2) is 30.3 Å². The fraction of sp³-hybridized carbons (Fsp3) is 0.588. The molecule has 0 spiro atoms. The number of carbonyl (C=O) groups is 1. The molecule has 2 fully saturated rings.